The van der Waals surface area contributed by atoms with Gasteiger partial charge in [0.25, 0.3) is 0 Å². The highest BCUT2D eigenvalue weighted by molar-refractivity contribution is 6.32. The van der Waals surface area contributed by atoms with Crippen LogP contribution in [0.3, 0.4) is 0 Å². The molecule has 1 aromatic carbocycles. The van der Waals surface area contributed by atoms with Crippen LogP contribution >= 0.6 is 11.6 Å². The van der Waals surface area contributed by atoms with Crippen molar-refractivity contribution in [3.05, 3.63) is 41.0 Å². The van der Waals surface area contributed by atoms with Crippen LogP contribution in [0.4, 0.5) is 5.82 Å². The van der Waals surface area contributed by atoms with Crippen molar-refractivity contribution >= 4 is 23.3 Å². The van der Waals surface area contributed by atoms with Crippen LogP contribution in [0.15, 0.2) is 30.5 Å². The topological polar surface area (TPSA) is 70.7 Å². The fraction of sp³-hybridized carbons (Fsp3) is 0.214. The Bertz CT molecular complexity index is 687. The minimum atomic E-state index is -0.722. The molecule has 1 aromatic heterocycles. The minimum absolute atomic E-state index is 0.375. The van der Waals surface area contributed by atoms with Gasteiger partial charge >= 0.3 is 0 Å². The molecule has 6 heteroatoms. The number of halogens is 1. The van der Waals surface area contributed by atoms with Gasteiger partial charge in [-0.05, 0) is 26.0 Å². The van der Waals surface area contributed by atoms with Gasteiger partial charge < -0.3 is 5.32 Å². The Morgan fingerprint density at radius 2 is 2.20 bits per heavy atom. The summed E-state index contributed by atoms with van der Waals surface area (Å²) in [6.45, 7) is 3.36. The van der Waals surface area contributed by atoms with E-state index in [4.69, 9.17) is 16.9 Å². The molecule has 0 aliphatic carbocycles. The number of nitrogens with one attached hydrogen (secondary N) is 1. The van der Waals surface area contributed by atoms with Gasteiger partial charge in [-0.1, -0.05) is 23.7 Å². The summed E-state index contributed by atoms with van der Waals surface area (Å²) in [4.78, 5) is 11.7. The number of nitriles is 1. The van der Waals surface area contributed by atoms with Gasteiger partial charge in [0.05, 0.1) is 16.8 Å². The first kappa shape index (κ1) is 14.1. The highest BCUT2D eigenvalue weighted by Crippen LogP contribution is 2.22. The number of rotatable bonds is 3. The van der Waals surface area contributed by atoms with E-state index in [-0.39, 0.29) is 5.91 Å². The first-order chi connectivity index (χ1) is 9.52. The fourth-order valence-electron chi connectivity index (χ4n) is 1.63. The second kappa shape index (κ2) is 5.76. The van der Waals surface area contributed by atoms with E-state index in [1.165, 1.54) is 6.92 Å². The molecule has 2 aromatic rings. The number of carbonyl (C=O) groups is 1. The number of aryl methyl sites for hydroxylation is 1. The van der Waals surface area contributed by atoms with Gasteiger partial charge in [-0.3, -0.25) is 4.79 Å². The largest absolute Gasteiger partial charge is 0.308 e. The van der Waals surface area contributed by atoms with Gasteiger partial charge in [0.2, 0.25) is 5.91 Å². The summed E-state index contributed by atoms with van der Waals surface area (Å²) >= 11 is 6.11. The molecule has 0 saturated heterocycles. The highest BCUT2D eigenvalue weighted by atomic mass is 35.5. The molecule has 2 rings (SSSR count). The van der Waals surface area contributed by atoms with Crippen LogP contribution in [-0.2, 0) is 4.79 Å². The molecule has 0 aliphatic rings. The maximum atomic E-state index is 11.7. The molecule has 0 spiro atoms. The summed E-state index contributed by atoms with van der Waals surface area (Å²) in [5.41, 5.74) is 1.52. The minimum Gasteiger partial charge on any atom is -0.308 e. The Balaban J connectivity index is 2.29. The molecule has 1 atom stereocenters. The third kappa shape index (κ3) is 2.81. The molecular weight excluding hydrogens is 276 g/mol. The lowest BCUT2D eigenvalue weighted by molar-refractivity contribution is -0.117. The monoisotopic (exact) mass is 288 g/mol. The van der Waals surface area contributed by atoms with Gasteiger partial charge in [-0.15, -0.1) is 5.10 Å². The number of nitrogens with zero attached hydrogens (tertiary/aromatic N) is 3. The average molecular weight is 289 g/mol. The predicted molar refractivity (Wildman–Crippen MR) is 76.7 cm³/mol. The molecule has 1 unspecified atom stereocenters. The van der Waals surface area contributed by atoms with E-state index in [9.17, 15) is 4.79 Å². The van der Waals surface area contributed by atoms with Crippen LogP contribution in [0.5, 0.6) is 0 Å². The molecule has 0 aliphatic heterocycles. The molecule has 0 bridgehead atoms. The molecule has 0 fully saturated rings. The number of benzene rings is 1. The van der Waals surface area contributed by atoms with E-state index in [0.717, 1.165) is 11.3 Å². The van der Waals surface area contributed by atoms with Gasteiger partial charge in [-0.2, -0.15) is 5.26 Å². The van der Waals surface area contributed by atoms with E-state index in [1.807, 2.05) is 31.2 Å². The van der Waals surface area contributed by atoms with Gasteiger partial charge in [-0.25, -0.2) is 4.68 Å². The number of aromatic nitrogens is 2. The van der Waals surface area contributed by atoms with Crippen LogP contribution in [-0.4, -0.2) is 15.7 Å². The Labute approximate surface area is 121 Å². The van der Waals surface area contributed by atoms with Gasteiger partial charge in [0, 0.05) is 11.8 Å². The molecule has 1 N–H and O–H groups in total. The second-order valence-corrected chi connectivity index (χ2v) is 4.80. The fourth-order valence-corrected chi connectivity index (χ4v) is 1.85. The summed E-state index contributed by atoms with van der Waals surface area (Å²) in [5.74, 6) is -0.670. The van der Waals surface area contributed by atoms with E-state index in [2.05, 4.69) is 10.4 Å². The Morgan fingerprint density at radius 1 is 1.50 bits per heavy atom. The molecule has 0 radical (unpaired) electrons. The quantitative estimate of drug-likeness (QED) is 0.944. The Kier molecular flexibility index (Phi) is 4.06. The molecule has 0 saturated carbocycles. The van der Waals surface area contributed by atoms with Crippen molar-refractivity contribution in [3.63, 3.8) is 0 Å². The summed E-state index contributed by atoms with van der Waals surface area (Å²) in [7, 11) is 0. The second-order valence-electron chi connectivity index (χ2n) is 4.40. The zero-order valence-electron chi connectivity index (χ0n) is 11.1. The molecular formula is C14H13ClN4O. The first-order valence-corrected chi connectivity index (χ1v) is 6.42. The van der Waals surface area contributed by atoms with Crippen LogP contribution in [0.2, 0.25) is 5.02 Å². The number of para-hydroxylation sites is 1. The molecule has 5 nitrogen and oxygen atoms in total. The van der Waals surface area contributed by atoms with E-state index in [1.54, 1.807) is 16.9 Å². The maximum Gasteiger partial charge on any atom is 0.242 e. The summed E-state index contributed by atoms with van der Waals surface area (Å²) in [5, 5.41) is 16.2. The smallest absolute Gasteiger partial charge is 0.242 e. The van der Waals surface area contributed by atoms with Crippen molar-refractivity contribution in [2.24, 2.45) is 5.92 Å². The number of amides is 1. The molecule has 1 amide bonds. The number of hydrogen-bond acceptors (Lipinski definition) is 3. The van der Waals surface area contributed by atoms with Crippen molar-refractivity contribution in [3.8, 4) is 11.8 Å². The van der Waals surface area contributed by atoms with Crippen LogP contribution < -0.4 is 5.32 Å². The van der Waals surface area contributed by atoms with Crippen molar-refractivity contribution < 1.29 is 4.79 Å². The highest BCUT2D eigenvalue weighted by Gasteiger charge is 2.15. The van der Waals surface area contributed by atoms with E-state index < -0.39 is 5.92 Å². The summed E-state index contributed by atoms with van der Waals surface area (Å²) in [6.07, 6.45) is 1.77. The summed E-state index contributed by atoms with van der Waals surface area (Å²) < 4.78 is 1.60. The average Bonchev–Trinajstić information content (AvgIpc) is 2.79. The number of hydrogen-bond donors (Lipinski definition) is 1. The maximum absolute atomic E-state index is 11.7. The van der Waals surface area contributed by atoms with Crippen molar-refractivity contribution in [1.29, 1.82) is 5.26 Å². The van der Waals surface area contributed by atoms with Gasteiger partial charge in [0.15, 0.2) is 5.82 Å². The normalized spacial score (nSPS) is 11.7. The third-order valence-electron chi connectivity index (χ3n) is 2.82. The van der Waals surface area contributed by atoms with E-state index >= 15 is 0 Å². The van der Waals surface area contributed by atoms with Crippen molar-refractivity contribution in [2.45, 2.75) is 13.8 Å². The molecule has 102 valence electrons. The number of anilines is 1. The van der Waals surface area contributed by atoms with E-state index in [0.29, 0.717) is 10.8 Å². The lowest BCUT2D eigenvalue weighted by Crippen LogP contribution is -2.19. The zero-order chi connectivity index (χ0) is 14.7. The zero-order valence-corrected chi connectivity index (χ0v) is 11.8. The number of carbonyl (C=O) groups excluding carboxylic acids is 1. The van der Waals surface area contributed by atoms with Crippen LogP contribution in [0.25, 0.3) is 5.69 Å². The Hall–Kier alpha value is -2.32. The van der Waals surface area contributed by atoms with Crippen molar-refractivity contribution in [2.75, 3.05) is 5.32 Å². The van der Waals surface area contributed by atoms with Gasteiger partial charge in [0.1, 0.15) is 5.92 Å². The third-order valence-corrected chi connectivity index (χ3v) is 3.14. The summed E-state index contributed by atoms with van der Waals surface area (Å²) in [6, 6.07) is 9.17. The SMILES string of the molecule is Cc1cn(-c2ccccc2Cl)nc1NC(=O)C(C)C#N. The molecule has 20 heavy (non-hydrogen) atoms. The van der Waals surface area contributed by atoms with Crippen LogP contribution in [0, 0.1) is 24.2 Å². The lowest BCUT2D eigenvalue weighted by atomic mass is 10.2. The predicted octanol–water partition coefficient (Wildman–Crippen LogP) is 2.93. The standard InChI is InChI=1S/C14H13ClN4O/c1-9(7-16)14(20)17-13-10(2)8-19(18-13)12-6-4-3-5-11(12)15/h3-6,8-9H,1-2H3,(H,17,18,20). The van der Waals surface area contributed by atoms with Crippen molar-refractivity contribution in [1.82, 2.24) is 9.78 Å². The first-order valence-electron chi connectivity index (χ1n) is 6.04. The van der Waals surface area contributed by atoms with Crippen LogP contribution in [0.1, 0.15) is 12.5 Å². The lowest BCUT2D eigenvalue weighted by Gasteiger charge is -2.04. The Morgan fingerprint density at radius 3 is 2.85 bits per heavy atom. The molecule has 1 heterocycles.